The van der Waals surface area contributed by atoms with Crippen molar-refractivity contribution in [1.29, 1.82) is 0 Å². The molecule has 0 nitrogen and oxygen atoms in total. The Morgan fingerprint density at radius 1 is 1.54 bits per heavy atom. The van der Waals surface area contributed by atoms with E-state index in [1.54, 1.807) is 25.1 Å². The molecule has 0 aliphatic heterocycles. The van der Waals surface area contributed by atoms with Gasteiger partial charge in [-0.15, -0.1) is 0 Å². The second-order valence-electron chi connectivity index (χ2n) is 3.01. The molecule has 1 aromatic rings. The van der Waals surface area contributed by atoms with Gasteiger partial charge in [0.1, 0.15) is 5.82 Å². The third-order valence-corrected chi connectivity index (χ3v) is 2.04. The summed E-state index contributed by atoms with van der Waals surface area (Å²) in [6.45, 7) is 4.60. The highest BCUT2D eigenvalue weighted by atomic mass is 19.1. The van der Waals surface area contributed by atoms with Gasteiger partial charge < -0.3 is 0 Å². The van der Waals surface area contributed by atoms with Crippen LogP contribution in [-0.4, -0.2) is 6.67 Å². The second-order valence-corrected chi connectivity index (χ2v) is 3.01. The molecule has 0 heterocycles. The minimum Gasteiger partial charge on any atom is -0.250 e. The first-order valence-corrected chi connectivity index (χ1v) is 4.17. The number of alkyl halides is 1. The highest BCUT2D eigenvalue weighted by Gasteiger charge is 2.11. The fourth-order valence-electron chi connectivity index (χ4n) is 1.19. The third-order valence-electron chi connectivity index (χ3n) is 2.04. The second kappa shape index (κ2) is 4.17. The van der Waals surface area contributed by atoms with Gasteiger partial charge >= 0.3 is 0 Å². The Hall–Kier alpha value is -1.18. The Kier molecular flexibility index (Phi) is 3.18. The average Bonchev–Trinajstić information content (AvgIpc) is 2.17. The number of hydrogen-bond acceptors (Lipinski definition) is 0. The average molecular weight is 182 g/mol. The Bertz CT molecular complexity index is 305. The molecule has 0 bridgehead atoms. The zero-order chi connectivity index (χ0) is 9.84. The quantitative estimate of drug-likeness (QED) is 0.670. The first-order valence-electron chi connectivity index (χ1n) is 4.17. The van der Waals surface area contributed by atoms with E-state index in [0.717, 1.165) is 0 Å². The van der Waals surface area contributed by atoms with Crippen molar-refractivity contribution in [3.8, 4) is 0 Å². The van der Waals surface area contributed by atoms with E-state index in [1.807, 2.05) is 0 Å². The highest BCUT2D eigenvalue weighted by Crippen LogP contribution is 2.22. The molecule has 0 fully saturated rings. The van der Waals surface area contributed by atoms with E-state index >= 15 is 0 Å². The summed E-state index contributed by atoms with van der Waals surface area (Å²) in [5, 5.41) is 0. The van der Waals surface area contributed by atoms with E-state index in [1.165, 1.54) is 6.08 Å². The lowest BCUT2D eigenvalue weighted by Gasteiger charge is -2.09. The lowest BCUT2D eigenvalue weighted by molar-refractivity contribution is 0.436. The minimum atomic E-state index is -0.544. The fraction of sp³-hybridized carbons (Fsp3) is 0.273. The maximum Gasteiger partial charge on any atom is 0.133 e. The van der Waals surface area contributed by atoms with E-state index in [2.05, 4.69) is 6.58 Å². The molecule has 1 atom stereocenters. The summed E-state index contributed by atoms with van der Waals surface area (Å²) < 4.78 is 25.8. The van der Waals surface area contributed by atoms with Crippen molar-refractivity contribution in [3.05, 3.63) is 41.7 Å². The van der Waals surface area contributed by atoms with Crippen LogP contribution in [0.1, 0.15) is 24.0 Å². The maximum absolute atomic E-state index is 13.5. The van der Waals surface area contributed by atoms with Gasteiger partial charge in [0.25, 0.3) is 0 Å². The molecule has 0 N–H and O–H groups in total. The van der Waals surface area contributed by atoms with Gasteiger partial charge in [0, 0.05) is 11.5 Å². The third kappa shape index (κ3) is 1.94. The van der Waals surface area contributed by atoms with Gasteiger partial charge in [0.15, 0.2) is 0 Å². The lowest BCUT2D eigenvalue weighted by atomic mass is 9.99. The first-order chi connectivity index (χ1) is 6.20. The molecule has 70 valence electrons. The summed E-state index contributed by atoms with van der Waals surface area (Å²) in [7, 11) is 0. The molecule has 0 aromatic heterocycles. The van der Waals surface area contributed by atoms with Crippen LogP contribution in [-0.2, 0) is 0 Å². The Balaban J connectivity index is 3.15. The van der Waals surface area contributed by atoms with Gasteiger partial charge in [-0.3, -0.25) is 4.39 Å². The van der Waals surface area contributed by atoms with Gasteiger partial charge in [-0.1, -0.05) is 37.8 Å². The van der Waals surface area contributed by atoms with Crippen LogP contribution >= 0.6 is 0 Å². The van der Waals surface area contributed by atoms with E-state index in [4.69, 9.17) is 0 Å². The Morgan fingerprint density at radius 3 is 2.77 bits per heavy atom. The minimum absolute atomic E-state index is 0.359. The van der Waals surface area contributed by atoms with Gasteiger partial charge in [0.2, 0.25) is 0 Å². The zero-order valence-corrected chi connectivity index (χ0v) is 7.56. The molecule has 0 spiro atoms. The zero-order valence-electron chi connectivity index (χ0n) is 7.56. The number of rotatable bonds is 3. The molecular weight excluding hydrogens is 170 g/mol. The summed E-state index contributed by atoms with van der Waals surface area (Å²) in [4.78, 5) is 0. The van der Waals surface area contributed by atoms with Crippen LogP contribution in [0.5, 0.6) is 0 Å². The van der Waals surface area contributed by atoms with E-state index < -0.39 is 6.67 Å². The van der Waals surface area contributed by atoms with Crippen molar-refractivity contribution >= 4 is 6.08 Å². The topological polar surface area (TPSA) is 0 Å². The van der Waals surface area contributed by atoms with Crippen LogP contribution in [0.4, 0.5) is 8.78 Å². The van der Waals surface area contributed by atoms with Crippen molar-refractivity contribution in [2.75, 3.05) is 6.67 Å². The number of benzene rings is 1. The highest BCUT2D eigenvalue weighted by molar-refractivity contribution is 5.49. The van der Waals surface area contributed by atoms with Gasteiger partial charge in [-0.2, -0.15) is 0 Å². The van der Waals surface area contributed by atoms with E-state index in [9.17, 15) is 8.78 Å². The summed E-state index contributed by atoms with van der Waals surface area (Å²) >= 11 is 0. The Labute approximate surface area is 76.9 Å². The molecule has 0 saturated heterocycles. The predicted octanol–water partition coefficient (Wildman–Crippen LogP) is 3.54. The van der Waals surface area contributed by atoms with Gasteiger partial charge in [-0.25, -0.2) is 4.39 Å². The summed E-state index contributed by atoms with van der Waals surface area (Å²) in [5.74, 6) is -0.748. The largest absolute Gasteiger partial charge is 0.250 e. The van der Waals surface area contributed by atoms with Crippen molar-refractivity contribution in [1.82, 2.24) is 0 Å². The van der Waals surface area contributed by atoms with Crippen LogP contribution in [0.2, 0.25) is 0 Å². The molecule has 0 saturated carbocycles. The van der Waals surface area contributed by atoms with Crippen molar-refractivity contribution in [2.45, 2.75) is 12.8 Å². The van der Waals surface area contributed by atoms with E-state index in [0.29, 0.717) is 11.1 Å². The summed E-state index contributed by atoms with van der Waals surface area (Å²) in [6.07, 6.45) is 1.43. The van der Waals surface area contributed by atoms with Crippen LogP contribution in [0.3, 0.4) is 0 Å². The van der Waals surface area contributed by atoms with Crippen LogP contribution in [0.25, 0.3) is 6.08 Å². The molecule has 2 heteroatoms. The molecule has 1 rings (SSSR count). The molecule has 0 amide bonds. The standard InChI is InChI=1S/C11H12F2/c1-3-9-5-4-6-10(11(9)13)8(2)7-12/h3-6,8H,1,7H2,2H3. The van der Waals surface area contributed by atoms with Crippen molar-refractivity contribution in [2.24, 2.45) is 0 Å². The maximum atomic E-state index is 13.5. The van der Waals surface area contributed by atoms with Crippen molar-refractivity contribution in [3.63, 3.8) is 0 Å². The van der Waals surface area contributed by atoms with Crippen LogP contribution in [0, 0.1) is 5.82 Å². The lowest BCUT2D eigenvalue weighted by Crippen LogP contribution is -2.00. The smallest absolute Gasteiger partial charge is 0.133 e. The van der Waals surface area contributed by atoms with E-state index in [-0.39, 0.29) is 11.7 Å². The summed E-state index contributed by atoms with van der Waals surface area (Å²) in [6, 6.07) is 4.94. The monoisotopic (exact) mass is 182 g/mol. The molecule has 0 radical (unpaired) electrons. The van der Waals surface area contributed by atoms with Crippen LogP contribution < -0.4 is 0 Å². The summed E-state index contributed by atoms with van der Waals surface area (Å²) in [5.41, 5.74) is 0.845. The molecule has 1 unspecified atom stereocenters. The molecule has 0 aliphatic carbocycles. The van der Waals surface area contributed by atoms with Gasteiger partial charge in [-0.05, 0) is 5.56 Å². The van der Waals surface area contributed by atoms with Crippen molar-refractivity contribution < 1.29 is 8.78 Å². The van der Waals surface area contributed by atoms with Gasteiger partial charge in [0.05, 0.1) is 6.67 Å². The molecule has 0 aliphatic rings. The Morgan fingerprint density at radius 2 is 2.23 bits per heavy atom. The van der Waals surface area contributed by atoms with Crippen LogP contribution in [0.15, 0.2) is 24.8 Å². The number of halogens is 2. The normalized spacial score (nSPS) is 12.5. The molecule has 13 heavy (non-hydrogen) atoms. The molecular formula is C11H12F2. The molecule has 1 aromatic carbocycles. The fourth-order valence-corrected chi connectivity index (χ4v) is 1.19. The SMILES string of the molecule is C=Cc1cccc(C(C)CF)c1F. The predicted molar refractivity (Wildman–Crippen MR) is 50.9 cm³/mol. The number of hydrogen-bond donors (Lipinski definition) is 0. The first kappa shape index (κ1) is 9.90.